The van der Waals surface area contributed by atoms with E-state index in [4.69, 9.17) is 4.74 Å². The second-order valence-corrected chi connectivity index (χ2v) is 5.64. The van der Waals surface area contributed by atoms with Crippen molar-refractivity contribution in [2.75, 3.05) is 32.8 Å². The van der Waals surface area contributed by atoms with Gasteiger partial charge in [-0.2, -0.15) is 0 Å². The van der Waals surface area contributed by atoms with E-state index in [-0.39, 0.29) is 0 Å². The number of likely N-dealkylation sites (tertiary alicyclic amines) is 1. The van der Waals surface area contributed by atoms with Gasteiger partial charge < -0.3 is 4.74 Å². The van der Waals surface area contributed by atoms with Gasteiger partial charge >= 0.3 is 0 Å². The largest absolute Gasteiger partial charge is 0.494 e. The lowest BCUT2D eigenvalue weighted by Gasteiger charge is -2.26. The molecule has 0 spiro atoms. The maximum Gasteiger partial charge on any atom is 0.119 e. The molecule has 0 amide bonds. The zero-order valence-corrected chi connectivity index (χ0v) is 13.2. The third kappa shape index (κ3) is 6.46. The Morgan fingerprint density at radius 3 is 2.81 bits per heavy atom. The second kappa shape index (κ2) is 9.77. The predicted octanol–water partition coefficient (Wildman–Crippen LogP) is 2.56. The minimum Gasteiger partial charge on any atom is -0.494 e. The molecule has 0 unspecified atom stereocenters. The van der Waals surface area contributed by atoms with Crippen LogP contribution in [0.1, 0.15) is 38.2 Å². The van der Waals surface area contributed by atoms with E-state index in [1.807, 2.05) is 0 Å². The molecule has 21 heavy (non-hydrogen) atoms. The first-order chi connectivity index (χ1) is 10.4. The van der Waals surface area contributed by atoms with Gasteiger partial charge in [-0.3, -0.25) is 15.8 Å². The number of nitrogens with one attached hydrogen (secondary N) is 2. The van der Waals surface area contributed by atoms with Crippen molar-refractivity contribution in [3.05, 3.63) is 29.8 Å². The van der Waals surface area contributed by atoms with Crippen molar-refractivity contribution in [1.29, 1.82) is 0 Å². The fraction of sp³-hybridized carbons (Fsp3) is 0.647. The van der Waals surface area contributed by atoms with Crippen LogP contribution in [-0.2, 0) is 6.54 Å². The predicted molar refractivity (Wildman–Crippen MR) is 87.4 cm³/mol. The summed E-state index contributed by atoms with van der Waals surface area (Å²) >= 11 is 0. The molecule has 0 bridgehead atoms. The van der Waals surface area contributed by atoms with Gasteiger partial charge in [0.1, 0.15) is 5.75 Å². The third-order valence-corrected chi connectivity index (χ3v) is 3.77. The van der Waals surface area contributed by atoms with E-state index in [0.717, 1.165) is 38.4 Å². The summed E-state index contributed by atoms with van der Waals surface area (Å²) in [6.07, 6.45) is 5.08. The van der Waals surface area contributed by atoms with E-state index in [1.165, 1.54) is 37.9 Å². The Hall–Kier alpha value is -1.10. The Balaban J connectivity index is 1.70. The van der Waals surface area contributed by atoms with E-state index in [1.54, 1.807) is 0 Å². The SMILES string of the molecule is CCNNCCCOc1cccc(CN2CCCCC2)c1. The molecule has 0 saturated carbocycles. The Morgan fingerprint density at radius 2 is 2.00 bits per heavy atom. The molecule has 1 aromatic carbocycles. The van der Waals surface area contributed by atoms with Crippen LogP contribution in [0.4, 0.5) is 0 Å². The van der Waals surface area contributed by atoms with Gasteiger partial charge in [0.15, 0.2) is 0 Å². The van der Waals surface area contributed by atoms with Crippen molar-refractivity contribution in [2.45, 2.75) is 39.2 Å². The van der Waals surface area contributed by atoms with Crippen LogP contribution in [0.15, 0.2) is 24.3 Å². The van der Waals surface area contributed by atoms with Crippen molar-refractivity contribution >= 4 is 0 Å². The quantitative estimate of drug-likeness (QED) is 0.541. The first-order valence-electron chi connectivity index (χ1n) is 8.28. The van der Waals surface area contributed by atoms with Gasteiger partial charge in [-0.05, 0) is 50.0 Å². The fourth-order valence-corrected chi connectivity index (χ4v) is 2.67. The molecule has 4 heteroatoms. The van der Waals surface area contributed by atoms with Crippen molar-refractivity contribution in [2.24, 2.45) is 0 Å². The van der Waals surface area contributed by atoms with Crippen LogP contribution in [0.25, 0.3) is 0 Å². The zero-order valence-electron chi connectivity index (χ0n) is 13.2. The number of piperidine rings is 1. The lowest BCUT2D eigenvalue weighted by molar-refractivity contribution is 0.220. The molecule has 1 aliphatic rings. The number of nitrogens with zero attached hydrogens (tertiary/aromatic N) is 1. The highest BCUT2D eigenvalue weighted by Crippen LogP contribution is 2.17. The fourth-order valence-electron chi connectivity index (χ4n) is 2.67. The molecule has 2 N–H and O–H groups in total. The summed E-state index contributed by atoms with van der Waals surface area (Å²) in [5, 5.41) is 0. The number of hydrazine groups is 1. The number of hydrogen-bond acceptors (Lipinski definition) is 4. The molecule has 1 heterocycles. The van der Waals surface area contributed by atoms with Crippen molar-refractivity contribution < 1.29 is 4.74 Å². The number of rotatable bonds is 9. The van der Waals surface area contributed by atoms with Gasteiger partial charge in [0.05, 0.1) is 6.61 Å². The third-order valence-electron chi connectivity index (χ3n) is 3.77. The lowest BCUT2D eigenvalue weighted by atomic mass is 10.1. The van der Waals surface area contributed by atoms with Gasteiger partial charge in [-0.1, -0.05) is 25.5 Å². The molecule has 118 valence electrons. The standard InChI is InChI=1S/C17H29N3O/c1-2-18-19-10-7-13-21-17-9-6-8-16(14-17)15-20-11-4-3-5-12-20/h6,8-9,14,18-19H,2-5,7,10-13,15H2,1H3. The lowest BCUT2D eigenvalue weighted by Crippen LogP contribution is -2.32. The molecule has 0 aliphatic carbocycles. The van der Waals surface area contributed by atoms with Crippen LogP contribution in [-0.4, -0.2) is 37.7 Å². The Kier molecular flexibility index (Phi) is 7.57. The summed E-state index contributed by atoms with van der Waals surface area (Å²) in [6, 6.07) is 8.55. The van der Waals surface area contributed by atoms with E-state index >= 15 is 0 Å². The molecule has 1 saturated heterocycles. The van der Waals surface area contributed by atoms with Gasteiger partial charge in [-0.15, -0.1) is 0 Å². The highest BCUT2D eigenvalue weighted by Gasteiger charge is 2.10. The first-order valence-corrected chi connectivity index (χ1v) is 8.28. The summed E-state index contributed by atoms with van der Waals surface area (Å²) < 4.78 is 5.83. The molecular weight excluding hydrogens is 262 g/mol. The summed E-state index contributed by atoms with van der Waals surface area (Å²) in [5.41, 5.74) is 7.60. The average Bonchev–Trinajstić information content (AvgIpc) is 2.52. The van der Waals surface area contributed by atoms with Crippen molar-refractivity contribution in [3.63, 3.8) is 0 Å². The van der Waals surface area contributed by atoms with Crippen LogP contribution in [0.5, 0.6) is 5.75 Å². The first kappa shape index (κ1) is 16.3. The molecule has 4 nitrogen and oxygen atoms in total. The number of benzene rings is 1. The van der Waals surface area contributed by atoms with Crippen LogP contribution in [0.3, 0.4) is 0 Å². The van der Waals surface area contributed by atoms with Crippen LogP contribution in [0.2, 0.25) is 0 Å². The van der Waals surface area contributed by atoms with E-state index in [2.05, 4.69) is 46.9 Å². The highest BCUT2D eigenvalue weighted by atomic mass is 16.5. The molecule has 1 aromatic rings. The van der Waals surface area contributed by atoms with E-state index in [9.17, 15) is 0 Å². The summed E-state index contributed by atoms with van der Waals surface area (Å²) in [5.74, 6) is 0.993. The maximum absolute atomic E-state index is 5.83. The Labute approximate surface area is 128 Å². The van der Waals surface area contributed by atoms with Gasteiger partial charge in [0, 0.05) is 19.6 Å². The number of ether oxygens (including phenoxy) is 1. The molecule has 1 aliphatic heterocycles. The monoisotopic (exact) mass is 291 g/mol. The number of hydrogen-bond donors (Lipinski definition) is 2. The summed E-state index contributed by atoms with van der Waals surface area (Å²) in [7, 11) is 0. The van der Waals surface area contributed by atoms with Crippen molar-refractivity contribution in [3.8, 4) is 5.75 Å². The normalized spacial score (nSPS) is 16.0. The second-order valence-electron chi connectivity index (χ2n) is 5.64. The van der Waals surface area contributed by atoms with Gasteiger partial charge in [0.25, 0.3) is 0 Å². The van der Waals surface area contributed by atoms with Gasteiger partial charge in [0.2, 0.25) is 0 Å². The molecule has 1 fully saturated rings. The summed E-state index contributed by atoms with van der Waals surface area (Å²) in [4.78, 5) is 2.54. The zero-order chi connectivity index (χ0) is 14.8. The maximum atomic E-state index is 5.83. The molecular formula is C17H29N3O. The minimum atomic E-state index is 0.756. The van der Waals surface area contributed by atoms with Crippen LogP contribution < -0.4 is 15.6 Å². The minimum absolute atomic E-state index is 0.756. The van der Waals surface area contributed by atoms with Crippen LogP contribution >= 0.6 is 0 Å². The molecule has 0 radical (unpaired) electrons. The Morgan fingerprint density at radius 1 is 1.14 bits per heavy atom. The van der Waals surface area contributed by atoms with E-state index in [0.29, 0.717) is 0 Å². The molecule has 0 atom stereocenters. The molecule has 0 aromatic heterocycles. The average molecular weight is 291 g/mol. The summed E-state index contributed by atoms with van der Waals surface area (Å²) in [6.45, 7) is 8.24. The Bertz CT molecular complexity index is 391. The topological polar surface area (TPSA) is 36.5 Å². The van der Waals surface area contributed by atoms with Gasteiger partial charge in [-0.25, -0.2) is 0 Å². The smallest absolute Gasteiger partial charge is 0.119 e. The van der Waals surface area contributed by atoms with E-state index < -0.39 is 0 Å². The molecule has 2 rings (SSSR count). The van der Waals surface area contributed by atoms with Crippen molar-refractivity contribution in [1.82, 2.24) is 15.8 Å². The highest BCUT2D eigenvalue weighted by molar-refractivity contribution is 5.28. The van der Waals surface area contributed by atoms with Crippen LogP contribution in [0, 0.1) is 0 Å².